The van der Waals surface area contributed by atoms with Crippen LogP contribution in [0.3, 0.4) is 0 Å². The van der Waals surface area contributed by atoms with E-state index in [2.05, 4.69) is 20.7 Å². The Kier molecular flexibility index (Phi) is 5.10. The van der Waals surface area contributed by atoms with Gasteiger partial charge in [-0.2, -0.15) is 0 Å². The van der Waals surface area contributed by atoms with E-state index in [1.807, 2.05) is 0 Å². The third kappa shape index (κ3) is 4.10. The lowest BCUT2D eigenvalue weighted by molar-refractivity contribution is 0.581. The lowest BCUT2D eigenvalue weighted by Crippen LogP contribution is -2.23. The first-order chi connectivity index (χ1) is 9.90. The average Bonchev–Trinajstić information content (AvgIpc) is 2.46. The standard InChI is InChI=1S/C14H13BrN2O2S2/c15-12-3-1-2-4-13(12)21(18,19)17-9-10-5-7-11(8-6-10)14(16)20/h1-8,17H,9H2,(H2,16,20). The second-order valence-electron chi connectivity index (χ2n) is 4.32. The predicted molar refractivity (Wildman–Crippen MR) is 90.5 cm³/mol. The maximum Gasteiger partial charge on any atom is 0.241 e. The molecule has 7 heteroatoms. The van der Waals surface area contributed by atoms with Gasteiger partial charge >= 0.3 is 0 Å². The van der Waals surface area contributed by atoms with Crippen LogP contribution in [0.15, 0.2) is 57.9 Å². The van der Waals surface area contributed by atoms with Crippen molar-refractivity contribution in [3.8, 4) is 0 Å². The summed E-state index contributed by atoms with van der Waals surface area (Å²) >= 11 is 8.10. The molecule has 0 bridgehead atoms. The van der Waals surface area contributed by atoms with Gasteiger partial charge < -0.3 is 5.73 Å². The van der Waals surface area contributed by atoms with Crippen LogP contribution in [0.25, 0.3) is 0 Å². The maximum atomic E-state index is 12.2. The fourth-order valence-electron chi connectivity index (χ4n) is 1.71. The highest BCUT2D eigenvalue weighted by Gasteiger charge is 2.16. The SMILES string of the molecule is NC(=S)c1ccc(CNS(=O)(=O)c2ccccc2Br)cc1. The first-order valence-electron chi connectivity index (χ1n) is 6.03. The molecule has 0 amide bonds. The topological polar surface area (TPSA) is 72.2 Å². The Balaban J connectivity index is 2.12. The van der Waals surface area contributed by atoms with Crippen LogP contribution in [0.5, 0.6) is 0 Å². The summed E-state index contributed by atoms with van der Waals surface area (Å²) < 4.78 is 27.5. The minimum atomic E-state index is -3.56. The Bertz CT molecular complexity index is 759. The number of thiocarbonyl (C=S) groups is 1. The van der Waals surface area contributed by atoms with Crippen LogP contribution in [-0.4, -0.2) is 13.4 Å². The van der Waals surface area contributed by atoms with Gasteiger partial charge in [-0.05, 0) is 33.6 Å². The molecule has 0 aromatic heterocycles. The monoisotopic (exact) mass is 384 g/mol. The van der Waals surface area contributed by atoms with Crippen LogP contribution in [0.2, 0.25) is 0 Å². The fourth-order valence-corrected chi connectivity index (χ4v) is 3.86. The minimum absolute atomic E-state index is 0.196. The molecule has 4 nitrogen and oxygen atoms in total. The number of hydrogen-bond acceptors (Lipinski definition) is 3. The first kappa shape index (κ1) is 16.1. The van der Waals surface area contributed by atoms with Crippen molar-refractivity contribution in [1.29, 1.82) is 0 Å². The van der Waals surface area contributed by atoms with Gasteiger partial charge in [0.15, 0.2) is 0 Å². The van der Waals surface area contributed by atoms with Gasteiger partial charge in [0, 0.05) is 16.6 Å². The van der Waals surface area contributed by atoms with Crippen LogP contribution in [-0.2, 0) is 16.6 Å². The molecule has 0 unspecified atom stereocenters. The molecule has 0 aliphatic heterocycles. The van der Waals surface area contributed by atoms with Crippen LogP contribution >= 0.6 is 28.1 Å². The summed E-state index contributed by atoms with van der Waals surface area (Å²) in [6.45, 7) is 0.196. The molecule has 0 atom stereocenters. The number of halogens is 1. The largest absolute Gasteiger partial charge is 0.389 e. The van der Waals surface area contributed by atoms with Crippen molar-refractivity contribution in [2.45, 2.75) is 11.4 Å². The van der Waals surface area contributed by atoms with Crippen molar-refractivity contribution < 1.29 is 8.42 Å². The molecule has 2 aromatic rings. The number of sulfonamides is 1. The number of nitrogens with one attached hydrogen (secondary N) is 1. The zero-order chi connectivity index (χ0) is 15.5. The molecule has 2 aromatic carbocycles. The molecule has 0 aliphatic carbocycles. The summed E-state index contributed by atoms with van der Waals surface area (Å²) in [5, 5.41) is 0. The van der Waals surface area contributed by atoms with Crippen LogP contribution in [0.4, 0.5) is 0 Å². The van der Waals surface area contributed by atoms with Gasteiger partial charge in [-0.3, -0.25) is 0 Å². The predicted octanol–water partition coefficient (Wildman–Crippen LogP) is 2.56. The molecule has 0 saturated heterocycles. The summed E-state index contributed by atoms with van der Waals surface area (Å²) in [5.74, 6) is 0. The average molecular weight is 385 g/mol. The summed E-state index contributed by atoms with van der Waals surface area (Å²) in [6, 6.07) is 13.8. The molecule has 0 spiro atoms. The van der Waals surface area contributed by atoms with Crippen molar-refractivity contribution in [1.82, 2.24) is 4.72 Å². The van der Waals surface area contributed by atoms with Crippen LogP contribution in [0.1, 0.15) is 11.1 Å². The Labute approximate surface area is 137 Å². The molecule has 0 saturated carbocycles. The third-order valence-corrected chi connectivity index (χ3v) is 5.48. The van der Waals surface area contributed by atoms with Gasteiger partial charge in [-0.1, -0.05) is 48.6 Å². The number of rotatable bonds is 5. The van der Waals surface area contributed by atoms with E-state index in [1.165, 1.54) is 0 Å². The van der Waals surface area contributed by atoms with Crippen LogP contribution in [0, 0.1) is 0 Å². The highest BCUT2D eigenvalue weighted by Crippen LogP contribution is 2.21. The van der Waals surface area contributed by atoms with Gasteiger partial charge in [0.05, 0.1) is 4.90 Å². The molecule has 3 N–H and O–H groups in total. The second kappa shape index (κ2) is 6.65. The zero-order valence-corrected chi connectivity index (χ0v) is 14.1. The van der Waals surface area contributed by atoms with Crippen molar-refractivity contribution in [2.24, 2.45) is 5.73 Å². The summed E-state index contributed by atoms with van der Waals surface area (Å²) in [6.07, 6.45) is 0. The molecular weight excluding hydrogens is 372 g/mol. The summed E-state index contributed by atoms with van der Waals surface area (Å²) in [5.41, 5.74) is 7.09. The van der Waals surface area contributed by atoms with E-state index in [-0.39, 0.29) is 11.4 Å². The molecule has 0 radical (unpaired) electrons. The van der Waals surface area contributed by atoms with E-state index in [0.717, 1.165) is 11.1 Å². The number of nitrogens with two attached hydrogens (primary N) is 1. The second-order valence-corrected chi connectivity index (χ2v) is 7.35. The Morgan fingerprint density at radius 1 is 1.14 bits per heavy atom. The van der Waals surface area contributed by atoms with E-state index in [0.29, 0.717) is 9.46 Å². The zero-order valence-electron chi connectivity index (χ0n) is 10.9. The van der Waals surface area contributed by atoms with E-state index >= 15 is 0 Å². The molecule has 0 fully saturated rings. The van der Waals surface area contributed by atoms with Gasteiger partial charge in [-0.15, -0.1) is 0 Å². The molecular formula is C14H13BrN2O2S2. The normalized spacial score (nSPS) is 11.3. The fraction of sp³-hybridized carbons (Fsp3) is 0.0714. The lowest BCUT2D eigenvalue weighted by atomic mass is 10.1. The minimum Gasteiger partial charge on any atom is -0.389 e. The van der Waals surface area contributed by atoms with Crippen molar-refractivity contribution in [3.63, 3.8) is 0 Å². The molecule has 0 heterocycles. The van der Waals surface area contributed by atoms with Gasteiger partial charge in [-0.25, -0.2) is 13.1 Å². The quantitative estimate of drug-likeness (QED) is 0.776. The molecule has 110 valence electrons. The highest BCUT2D eigenvalue weighted by molar-refractivity contribution is 9.10. The van der Waals surface area contributed by atoms with Crippen molar-refractivity contribution in [3.05, 3.63) is 64.1 Å². The smallest absolute Gasteiger partial charge is 0.241 e. The summed E-state index contributed by atoms with van der Waals surface area (Å²) in [4.78, 5) is 0.528. The molecule has 21 heavy (non-hydrogen) atoms. The van der Waals surface area contributed by atoms with Gasteiger partial charge in [0.2, 0.25) is 10.0 Å². The summed E-state index contributed by atoms with van der Waals surface area (Å²) in [7, 11) is -3.56. The van der Waals surface area contributed by atoms with Crippen molar-refractivity contribution >= 4 is 43.2 Å². The van der Waals surface area contributed by atoms with E-state index in [9.17, 15) is 8.42 Å². The Hall–Kier alpha value is -1.28. The molecule has 0 aliphatic rings. The number of benzene rings is 2. The third-order valence-electron chi connectivity index (χ3n) is 2.83. The van der Waals surface area contributed by atoms with Gasteiger partial charge in [0.25, 0.3) is 0 Å². The van der Waals surface area contributed by atoms with Gasteiger partial charge in [0.1, 0.15) is 4.99 Å². The van der Waals surface area contributed by atoms with E-state index in [4.69, 9.17) is 18.0 Å². The number of hydrogen-bond donors (Lipinski definition) is 2. The van der Waals surface area contributed by atoms with Crippen LogP contribution < -0.4 is 10.5 Å². The van der Waals surface area contributed by atoms with E-state index in [1.54, 1.807) is 48.5 Å². The maximum absolute atomic E-state index is 12.2. The lowest BCUT2D eigenvalue weighted by Gasteiger charge is -2.09. The highest BCUT2D eigenvalue weighted by atomic mass is 79.9. The Morgan fingerprint density at radius 2 is 1.76 bits per heavy atom. The first-order valence-corrected chi connectivity index (χ1v) is 8.71. The van der Waals surface area contributed by atoms with E-state index < -0.39 is 10.0 Å². The van der Waals surface area contributed by atoms with Crippen molar-refractivity contribution in [2.75, 3.05) is 0 Å². The molecule has 2 rings (SSSR count). The Morgan fingerprint density at radius 3 is 2.33 bits per heavy atom.